The van der Waals surface area contributed by atoms with Gasteiger partial charge in [0, 0.05) is 42.2 Å². The zero-order valence-corrected chi connectivity index (χ0v) is 23.6. The highest BCUT2D eigenvalue weighted by molar-refractivity contribution is 5.82. The van der Waals surface area contributed by atoms with Crippen molar-refractivity contribution in [2.24, 2.45) is 11.7 Å². The number of nitrogens with two attached hydrogens (primary N) is 1. The summed E-state index contributed by atoms with van der Waals surface area (Å²) in [5, 5.41) is 14.1. The Hall–Kier alpha value is -4.08. The maximum atomic E-state index is 12.4. The van der Waals surface area contributed by atoms with Crippen LogP contribution in [-0.2, 0) is 13.0 Å². The van der Waals surface area contributed by atoms with E-state index in [1.807, 2.05) is 48.5 Å². The van der Waals surface area contributed by atoms with Gasteiger partial charge in [0.15, 0.2) is 0 Å². The molecular formula is C31H39N5O4. The van der Waals surface area contributed by atoms with E-state index in [1.165, 1.54) is 0 Å². The molecule has 0 bridgehead atoms. The molecule has 0 amide bonds. The molecule has 5 N–H and O–H groups in total. The maximum Gasteiger partial charge on any atom is 0.326 e. The van der Waals surface area contributed by atoms with Gasteiger partial charge in [0.2, 0.25) is 5.88 Å². The van der Waals surface area contributed by atoms with Gasteiger partial charge in [0.1, 0.15) is 29.7 Å². The molecule has 0 fully saturated rings. The smallest absolute Gasteiger partial charge is 0.326 e. The number of hydrogen-bond acceptors (Lipinski definition) is 7. The first kappa shape index (κ1) is 28.9. The first-order valence-electron chi connectivity index (χ1n) is 13.5. The predicted octanol–water partition coefficient (Wildman–Crippen LogP) is 4.45. The van der Waals surface area contributed by atoms with Gasteiger partial charge >= 0.3 is 5.69 Å². The molecule has 9 heteroatoms. The van der Waals surface area contributed by atoms with Gasteiger partial charge in [-0.25, -0.2) is 9.78 Å². The number of aliphatic hydroxyl groups excluding tert-OH is 1. The van der Waals surface area contributed by atoms with E-state index in [9.17, 15) is 9.90 Å². The number of benzene rings is 2. The van der Waals surface area contributed by atoms with Crippen LogP contribution in [0.2, 0.25) is 0 Å². The fourth-order valence-corrected chi connectivity index (χ4v) is 4.48. The zero-order valence-electron chi connectivity index (χ0n) is 23.6. The van der Waals surface area contributed by atoms with Gasteiger partial charge in [-0.05, 0) is 62.1 Å². The van der Waals surface area contributed by atoms with Crippen molar-refractivity contribution in [1.29, 1.82) is 0 Å². The zero-order chi connectivity index (χ0) is 28.9. The van der Waals surface area contributed by atoms with Crippen LogP contribution in [0.5, 0.6) is 17.4 Å². The van der Waals surface area contributed by atoms with Gasteiger partial charge in [-0.3, -0.25) is 4.57 Å². The molecule has 0 spiro atoms. The monoisotopic (exact) mass is 545 g/mol. The Kier molecular flexibility index (Phi) is 8.96. The van der Waals surface area contributed by atoms with Crippen molar-refractivity contribution in [3.8, 4) is 17.4 Å². The number of aromatic nitrogens is 3. The number of nitrogens with zero attached hydrogens (tertiary/aromatic N) is 2. The van der Waals surface area contributed by atoms with Crippen LogP contribution in [0.25, 0.3) is 16.7 Å². The van der Waals surface area contributed by atoms with E-state index in [4.69, 9.17) is 15.2 Å². The number of hydrogen-bond donors (Lipinski definition) is 4. The van der Waals surface area contributed by atoms with E-state index in [0.717, 1.165) is 28.6 Å². The summed E-state index contributed by atoms with van der Waals surface area (Å²) in [5.74, 6) is 2.04. The second kappa shape index (κ2) is 12.4. The highest BCUT2D eigenvalue weighted by atomic mass is 16.5. The Bertz CT molecular complexity index is 1490. The lowest BCUT2D eigenvalue weighted by molar-refractivity contribution is 0.0994. The standard InChI is InChI=1S/C31H39N5O4/c1-20(2)18-36-29-26(35-30(36)38)7-6-8-27(29)39-19-24(37)17-34-31(4,5)15-22-9-12-25(13-10-22)40-28-14-11-23(16-33-28)21(3)32/h6-14,16,20,24,34,37H,3,15,17-19,32H2,1-2,4-5H3,(H,35,38)/t24-/m0/s1. The molecule has 0 saturated heterocycles. The number of H-pyrrole nitrogens is 1. The molecule has 0 aliphatic carbocycles. The molecule has 40 heavy (non-hydrogen) atoms. The lowest BCUT2D eigenvalue weighted by Gasteiger charge is -2.28. The molecule has 212 valence electrons. The molecule has 2 heterocycles. The minimum absolute atomic E-state index is 0.101. The fourth-order valence-electron chi connectivity index (χ4n) is 4.48. The van der Waals surface area contributed by atoms with Crippen molar-refractivity contribution < 1.29 is 14.6 Å². The van der Waals surface area contributed by atoms with Crippen LogP contribution < -0.4 is 26.2 Å². The van der Waals surface area contributed by atoms with Crippen LogP contribution in [0, 0.1) is 5.92 Å². The van der Waals surface area contributed by atoms with Gasteiger partial charge in [0.25, 0.3) is 0 Å². The van der Waals surface area contributed by atoms with Crippen molar-refractivity contribution >= 4 is 16.7 Å². The number of nitrogens with one attached hydrogen (secondary N) is 2. The first-order chi connectivity index (χ1) is 19.0. The molecule has 0 aliphatic rings. The number of ether oxygens (including phenoxy) is 2. The Labute approximate surface area is 234 Å². The summed E-state index contributed by atoms with van der Waals surface area (Å²) in [6, 6.07) is 16.9. The van der Waals surface area contributed by atoms with Crippen molar-refractivity contribution in [3.05, 3.63) is 89.0 Å². The van der Waals surface area contributed by atoms with Crippen molar-refractivity contribution in [3.63, 3.8) is 0 Å². The van der Waals surface area contributed by atoms with Crippen LogP contribution >= 0.6 is 0 Å². The molecule has 0 saturated carbocycles. The predicted molar refractivity (Wildman–Crippen MR) is 159 cm³/mol. The van der Waals surface area contributed by atoms with Gasteiger partial charge in [-0.1, -0.05) is 38.6 Å². The Morgan fingerprint density at radius 1 is 1.18 bits per heavy atom. The minimum atomic E-state index is -0.732. The number of aromatic amines is 1. The topological polar surface area (TPSA) is 127 Å². The summed E-state index contributed by atoms with van der Waals surface area (Å²) in [7, 11) is 0. The van der Waals surface area contributed by atoms with Crippen molar-refractivity contribution in [2.45, 2.75) is 52.3 Å². The summed E-state index contributed by atoms with van der Waals surface area (Å²) in [4.78, 5) is 19.6. The van der Waals surface area contributed by atoms with E-state index in [1.54, 1.807) is 16.8 Å². The number of para-hydroxylation sites is 1. The van der Waals surface area contributed by atoms with Crippen molar-refractivity contribution in [1.82, 2.24) is 19.9 Å². The van der Waals surface area contributed by atoms with Crippen LogP contribution in [-0.4, -0.2) is 44.4 Å². The van der Waals surface area contributed by atoms with E-state index >= 15 is 0 Å². The minimum Gasteiger partial charge on any atom is -0.489 e. The summed E-state index contributed by atoms with van der Waals surface area (Å²) < 4.78 is 13.5. The lowest BCUT2D eigenvalue weighted by Crippen LogP contribution is -2.46. The summed E-state index contributed by atoms with van der Waals surface area (Å²) >= 11 is 0. The Morgan fingerprint density at radius 2 is 1.93 bits per heavy atom. The third kappa shape index (κ3) is 7.52. The number of aliphatic hydroxyl groups is 1. The molecule has 9 nitrogen and oxygen atoms in total. The Morgan fingerprint density at radius 3 is 2.58 bits per heavy atom. The molecule has 0 unspecified atom stereocenters. The number of imidazole rings is 1. The molecule has 2 aromatic carbocycles. The van der Waals surface area contributed by atoms with Crippen LogP contribution in [0.4, 0.5) is 0 Å². The third-order valence-electron chi connectivity index (χ3n) is 6.45. The second-order valence-corrected chi connectivity index (χ2v) is 11.1. The number of rotatable bonds is 13. The van der Waals surface area contributed by atoms with Crippen LogP contribution in [0.15, 0.2) is 72.2 Å². The van der Waals surface area contributed by atoms with Gasteiger partial charge < -0.3 is 30.6 Å². The van der Waals surface area contributed by atoms with E-state index in [2.05, 4.69) is 49.6 Å². The average molecular weight is 546 g/mol. The second-order valence-electron chi connectivity index (χ2n) is 11.1. The molecule has 0 aliphatic heterocycles. The molecule has 4 aromatic rings. The Balaban J connectivity index is 1.29. The molecular weight excluding hydrogens is 506 g/mol. The SMILES string of the molecule is C=C(N)c1ccc(Oc2ccc(CC(C)(C)NC[C@H](O)COc3cccc4[nH]c(=O)n(CC(C)C)c34)cc2)nc1. The molecule has 2 aromatic heterocycles. The number of pyridine rings is 1. The van der Waals surface area contributed by atoms with Crippen molar-refractivity contribution in [2.75, 3.05) is 13.2 Å². The summed E-state index contributed by atoms with van der Waals surface area (Å²) in [6.07, 6.45) is 1.65. The number of β-amino-alcohol motifs (C(OH)–C–C–N with tert-alkyl or cyclic N) is 1. The molecule has 4 rings (SSSR count). The fraction of sp³-hybridized carbons (Fsp3) is 0.355. The highest BCUT2D eigenvalue weighted by Crippen LogP contribution is 2.25. The van der Waals surface area contributed by atoms with E-state index in [0.29, 0.717) is 42.1 Å². The molecule has 1 atom stereocenters. The van der Waals surface area contributed by atoms with Gasteiger partial charge in [0.05, 0.1) is 5.52 Å². The first-order valence-corrected chi connectivity index (χ1v) is 13.5. The summed E-state index contributed by atoms with van der Waals surface area (Å²) in [5.41, 5.74) is 9.05. The van der Waals surface area contributed by atoms with Crippen LogP contribution in [0.1, 0.15) is 38.8 Å². The lowest BCUT2D eigenvalue weighted by atomic mass is 9.94. The normalized spacial score (nSPS) is 12.6. The maximum absolute atomic E-state index is 12.4. The quantitative estimate of drug-likeness (QED) is 0.195. The van der Waals surface area contributed by atoms with E-state index < -0.39 is 6.10 Å². The third-order valence-corrected chi connectivity index (χ3v) is 6.45. The number of fused-ring (bicyclic) bond motifs is 1. The van der Waals surface area contributed by atoms with Gasteiger partial charge in [-0.15, -0.1) is 0 Å². The molecule has 0 radical (unpaired) electrons. The van der Waals surface area contributed by atoms with E-state index in [-0.39, 0.29) is 17.8 Å². The summed E-state index contributed by atoms with van der Waals surface area (Å²) in [6.45, 7) is 13.0. The van der Waals surface area contributed by atoms with Crippen LogP contribution in [0.3, 0.4) is 0 Å². The average Bonchev–Trinajstić information content (AvgIpc) is 3.22. The van der Waals surface area contributed by atoms with Gasteiger partial charge in [-0.2, -0.15) is 0 Å². The highest BCUT2D eigenvalue weighted by Gasteiger charge is 2.20. The largest absolute Gasteiger partial charge is 0.489 e.